The number of carbonyl (C=O) groups is 2. The van der Waals surface area contributed by atoms with Crippen molar-refractivity contribution >= 4 is 11.8 Å². The summed E-state index contributed by atoms with van der Waals surface area (Å²) in [5.41, 5.74) is 0. The molecule has 0 saturated carbocycles. The largest absolute Gasteiger partial charge is 0.481 e. The van der Waals surface area contributed by atoms with E-state index < -0.39 is 36.3 Å². The van der Waals surface area contributed by atoms with Gasteiger partial charge in [0.15, 0.2) is 5.78 Å². The second-order valence-corrected chi connectivity index (χ2v) is 5.34. The van der Waals surface area contributed by atoms with Crippen LogP contribution in [0.5, 0.6) is 0 Å². The minimum atomic E-state index is -1.48. The Kier molecular flexibility index (Phi) is 5.74. The number of rotatable bonds is 7. The first-order valence-electron chi connectivity index (χ1n) is 5.46. The van der Waals surface area contributed by atoms with Crippen LogP contribution in [0.2, 0.25) is 0 Å². The average Bonchev–Trinajstić information content (AvgIpc) is 2.12. The van der Waals surface area contributed by atoms with Crippen LogP contribution >= 0.6 is 0 Å². The molecular weight excluding hydrogens is 226 g/mol. The number of hydrogen-bond acceptors (Lipinski definition) is 4. The van der Waals surface area contributed by atoms with Gasteiger partial charge in [-0.3, -0.25) is 9.59 Å². The minimum absolute atomic E-state index is 0.154. The highest BCUT2D eigenvalue weighted by molar-refractivity contribution is 6.00. The van der Waals surface area contributed by atoms with Gasteiger partial charge < -0.3 is 19.8 Å². The molecule has 0 spiro atoms. The van der Waals surface area contributed by atoms with Crippen LogP contribution < -0.4 is 0 Å². The highest BCUT2D eigenvalue weighted by Crippen LogP contribution is 2.14. The first-order chi connectivity index (χ1) is 7.60. The Morgan fingerprint density at radius 3 is 2.00 bits per heavy atom. The number of likely N-dealkylation sites (N-methyl/N-ethyl adjacent to an activating group) is 1. The maximum atomic E-state index is 11.7. The van der Waals surface area contributed by atoms with Crippen LogP contribution in [0.3, 0.4) is 0 Å². The average molecular weight is 248 g/mol. The van der Waals surface area contributed by atoms with Crippen molar-refractivity contribution in [2.24, 2.45) is 11.8 Å². The number of Topliss-reactive ketones (excluding diaryl/α,β-unsaturated/α-hetero) is 1. The summed E-state index contributed by atoms with van der Waals surface area (Å²) in [5, 5.41) is 27.7. The summed E-state index contributed by atoms with van der Waals surface area (Å²) in [6.07, 6.45) is -1.26. The molecule has 6 heteroatoms. The molecule has 0 aromatic heterocycles. The number of aliphatic carboxylic acids is 1. The summed E-state index contributed by atoms with van der Waals surface area (Å²) in [6, 6.07) is 0. The Morgan fingerprint density at radius 1 is 1.24 bits per heavy atom. The number of carboxylic acid groups (broad SMARTS) is 1. The van der Waals surface area contributed by atoms with Gasteiger partial charge in [-0.2, -0.15) is 0 Å². The van der Waals surface area contributed by atoms with Gasteiger partial charge in [0.2, 0.25) is 0 Å². The van der Waals surface area contributed by atoms with Crippen molar-refractivity contribution in [3.8, 4) is 0 Å². The lowest BCUT2D eigenvalue weighted by molar-refractivity contribution is -0.873. The monoisotopic (exact) mass is 248 g/mol. The van der Waals surface area contributed by atoms with E-state index in [0.717, 1.165) is 0 Å². The van der Waals surface area contributed by atoms with E-state index in [1.807, 2.05) is 0 Å². The lowest BCUT2D eigenvalue weighted by Crippen LogP contribution is -2.49. The van der Waals surface area contributed by atoms with Crippen molar-refractivity contribution in [1.82, 2.24) is 0 Å². The number of ketones is 1. The maximum Gasteiger partial charge on any atom is 0.316 e. The fraction of sp³-hybridized carbons (Fsp3) is 0.818. The summed E-state index contributed by atoms with van der Waals surface area (Å²) >= 11 is 0. The van der Waals surface area contributed by atoms with Gasteiger partial charge in [-0.05, 0) is 0 Å². The lowest BCUT2D eigenvalue weighted by atomic mass is 9.89. The van der Waals surface area contributed by atoms with Gasteiger partial charge in [0.05, 0.1) is 27.7 Å². The fourth-order valence-electron chi connectivity index (χ4n) is 1.54. The van der Waals surface area contributed by atoms with Crippen LogP contribution in [0.4, 0.5) is 0 Å². The molecule has 0 bridgehead atoms. The van der Waals surface area contributed by atoms with E-state index >= 15 is 0 Å². The molecule has 3 N–H and O–H groups in total. The van der Waals surface area contributed by atoms with Crippen LogP contribution in [-0.4, -0.2) is 72.0 Å². The topological polar surface area (TPSA) is 94.8 Å². The quantitative estimate of drug-likeness (QED) is 0.395. The molecule has 0 rings (SSSR count). The molecule has 0 aliphatic rings. The number of nitrogens with zero attached hydrogens (tertiary/aromatic N) is 1. The number of carbonyl (C=O) groups excluding carboxylic acids is 1. The van der Waals surface area contributed by atoms with E-state index in [1.54, 1.807) is 21.1 Å². The van der Waals surface area contributed by atoms with Crippen molar-refractivity contribution in [2.75, 3.05) is 34.3 Å². The SMILES string of the molecule is CC(CO)C(=O)C(C(=O)O)C(O)C[N+](C)(C)C. The Balaban J connectivity index is 4.86. The van der Waals surface area contributed by atoms with Crippen molar-refractivity contribution in [3.05, 3.63) is 0 Å². The van der Waals surface area contributed by atoms with Gasteiger partial charge in [-0.25, -0.2) is 0 Å². The number of aliphatic hydroxyl groups excluding tert-OH is 2. The molecule has 0 aliphatic heterocycles. The third-order valence-electron chi connectivity index (χ3n) is 2.45. The summed E-state index contributed by atoms with van der Waals surface area (Å²) in [4.78, 5) is 22.8. The van der Waals surface area contributed by atoms with Crippen molar-refractivity contribution in [1.29, 1.82) is 0 Å². The Hall–Kier alpha value is -0.980. The fourth-order valence-corrected chi connectivity index (χ4v) is 1.54. The maximum absolute atomic E-state index is 11.7. The smallest absolute Gasteiger partial charge is 0.316 e. The van der Waals surface area contributed by atoms with E-state index in [9.17, 15) is 14.7 Å². The second kappa shape index (κ2) is 6.09. The third kappa shape index (κ3) is 5.25. The number of quaternary nitrogens is 1. The highest BCUT2D eigenvalue weighted by Gasteiger charge is 2.38. The molecule has 0 heterocycles. The summed E-state index contributed by atoms with van der Waals surface area (Å²) in [7, 11) is 5.38. The minimum Gasteiger partial charge on any atom is -0.481 e. The molecular formula is C11H22NO5+. The van der Waals surface area contributed by atoms with Crippen molar-refractivity contribution < 1.29 is 29.4 Å². The Labute approximate surface area is 101 Å². The molecule has 3 atom stereocenters. The van der Waals surface area contributed by atoms with Crippen LogP contribution in [0.25, 0.3) is 0 Å². The highest BCUT2D eigenvalue weighted by atomic mass is 16.4. The lowest BCUT2D eigenvalue weighted by Gasteiger charge is -2.29. The summed E-state index contributed by atoms with van der Waals surface area (Å²) < 4.78 is 0.353. The van der Waals surface area contributed by atoms with Crippen LogP contribution in [-0.2, 0) is 9.59 Å². The van der Waals surface area contributed by atoms with E-state index in [-0.39, 0.29) is 6.54 Å². The molecule has 17 heavy (non-hydrogen) atoms. The van der Waals surface area contributed by atoms with Crippen molar-refractivity contribution in [2.45, 2.75) is 13.0 Å². The molecule has 3 unspecified atom stereocenters. The van der Waals surface area contributed by atoms with Crippen molar-refractivity contribution in [3.63, 3.8) is 0 Å². The Bertz CT molecular complexity index is 284. The standard InChI is InChI=1S/C11H21NO5/c1-7(6-13)10(15)9(11(16)17)8(14)5-12(2,3)4/h7-9,13-14H,5-6H2,1-4H3/p+1. The number of aliphatic hydroxyl groups is 2. The number of carboxylic acids is 1. The van der Waals surface area contributed by atoms with Gasteiger partial charge >= 0.3 is 5.97 Å². The molecule has 0 fully saturated rings. The molecule has 100 valence electrons. The zero-order valence-electron chi connectivity index (χ0n) is 10.8. The van der Waals surface area contributed by atoms with Gasteiger partial charge in [0.1, 0.15) is 18.6 Å². The zero-order valence-corrected chi connectivity index (χ0v) is 10.8. The molecule has 0 aromatic rings. The second-order valence-electron chi connectivity index (χ2n) is 5.34. The first-order valence-corrected chi connectivity index (χ1v) is 5.46. The normalized spacial score (nSPS) is 17.3. The zero-order chi connectivity index (χ0) is 13.8. The predicted molar refractivity (Wildman–Crippen MR) is 61.3 cm³/mol. The molecule has 6 nitrogen and oxygen atoms in total. The van der Waals surface area contributed by atoms with Crippen LogP contribution in [0, 0.1) is 11.8 Å². The Morgan fingerprint density at radius 2 is 1.71 bits per heavy atom. The summed E-state index contributed by atoms with van der Waals surface area (Å²) in [6.45, 7) is 1.18. The molecule has 0 amide bonds. The predicted octanol–water partition coefficient (Wildman–Crippen LogP) is -1.05. The van der Waals surface area contributed by atoms with Gasteiger partial charge in [0.25, 0.3) is 0 Å². The van der Waals surface area contributed by atoms with Crippen LogP contribution in [0.1, 0.15) is 6.92 Å². The number of hydrogen-bond donors (Lipinski definition) is 3. The molecule has 0 aromatic carbocycles. The van der Waals surface area contributed by atoms with E-state index in [4.69, 9.17) is 10.2 Å². The molecule has 0 radical (unpaired) electrons. The van der Waals surface area contributed by atoms with Gasteiger partial charge in [-0.15, -0.1) is 0 Å². The molecule has 0 aliphatic carbocycles. The van der Waals surface area contributed by atoms with Crippen LogP contribution in [0.15, 0.2) is 0 Å². The third-order valence-corrected chi connectivity index (χ3v) is 2.45. The van der Waals surface area contributed by atoms with E-state index in [0.29, 0.717) is 4.48 Å². The van der Waals surface area contributed by atoms with Gasteiger partial charge in [0, 0.05) is 5.92 Å². The summed E-state index contributed by atoms with van der Waals surface area (Å²) in [5.74, 6) is -4.25. The van der Waals surface area contributed by atoms with Gasteiger partial charge in [-0.1, -0.05) is 6.92 Å². The molecule has 0 saturated heterocycles. The van der Waals surface area contributed by atoms with E-state index in [1.165, 1.54) is 6.92 Å². The van der Waals surface area contributed by atoms with E-state index in [2.05, 4.69) is 0 Å². The first kappa shape index (κ1) is 16.0.